The fourth-order valence-corrected chi connectivity index (χ4v) is 2.31. The normalized spacial score (nSPS) is 11.4. The largest absolute Gasteiger partial charge is 0.487 e. The van der Waals surface area contributed by atoms with E-state index in [4.69, 9.17) is 9.47 Å². The van der Waals surface area contributed by atoms with Gasteiger partial charge in [0.05, 0.1) is 17.1 Å². The predicted octanol–water partition coefficient (Wildman–Crippen LogP) is 3.49. The Bertz CT molecular complexity index is 865. The lowest BCUT2D eigenvalue weighted by molar-refractivity contribution is -0.385. The summed E-state index contributed by atoms with van der Waals surface area (Å²) in [5.41, 5.74) is 1.17. The molecule has 2 aromatic carbocycles. The molecule has 0 fully saturated rings. The van der Waals surface area contributed by atoms with Crippen LogP contribution in [0.25, 0.3) is 0 Å². The van der Waals surface area contributed by atoms with Crippen molar-refractivity contribution in [3.8, 4) is 5.75 Å². The summed E-state index contributed by atoms with van der Waals surface area (Å²) in [6, 6.07) is 10.9. The third-order valence-electron chi connectivity index (χ3n) is 3.63. The highest BCUT2D eigenvalue weighted by Gasteiger charge is 2.23. The highest BCUT2D eigenvalue weighted by Crippen LogP contribution is 2.28. The Morgan fingerprint density at radius 2 is 1.96 bits per heavy atom. The first-order valence-corrected chi connectivity index (χ1v) is 8.31. The second-order valence-electron chi connectivity index (χ2n) is 5.78. The van der Waals surface area contributed by atoms with Gasteiger partial charge in [0.1, 0.15) is 0 Å². The molecule has 0 aliphatic heterocycles. The zero-order valence-corrected chi connectivity index (χ0v) is 15.2. The van der Waals surface area contributed by atoms with Gasteiger partial charge in [-0.05, 0) is 50.6 Å². The van der Waals surface area contributed by atoms with Gasteiger partial charge in [-0.1, -0.05) is 12.1 Å². The van der Waals surface area contributed by atoms with Crippen molar-refractivity contribution in [1.82, 2.24) is 0 Å². The van der Waals surface area contributed by atoms with Crippen LogP contribution in [0.5, 0.6) is 5.75 Å². The Hall–Kier alpha value is -3.42. The van der Waals surface area contributed by atoms with E-state index in [1.807, 2.05) is 13.0 Å². The third-order valence-corrected chi connectivity index (χ3v) is 3.63. The minimum atomic E-state index is -1.08. The van der Waals surface area contributed by atoms with E-state index in [1.54, 1.807) is 25.1 Å². The van der Waals surface area contributed by atoms with Crippen molar-refractivity contribution in [3.05, 3.63) is 63.7 Å². The second kappa shape index (κ2) is 8.79. The molecule has 8 nitrogen and oxygen atoms in total. The van der Waals surface area contributed by atoms with Gasteiger partial charge in [-0.15, -0.1) is 0 Å². The van der Waals surface area contributed by atoms with Gasteiger partial charge >= 0.3 is 11.7 Å². The molecule has 0 saturated heterocycles. The standard InChI is InChI=1S/C19H20N2O6/c1-4-26-17-9-8-14(11-16(17)21(24)25)19(23)27-13(3)18(22)20-15-7-5-6-12(2)10-15/h5-11,13H,4H2,1-3H3,(H,20,22)/t13-/m0/s1. The molecule has 0 spiro atoms. The van der Waals surface area contributed by atoms with Gasteiger partial charge in [-0.25, -0.2) is 4.79 Å². The number of nitro groups is 1. The van der Waals surface area contributed by atoms with Gasteiger partial charge in [0, 0.05) is 11.8 Å². The lowest BCUT2D eigenvalue weighted by Crippen LogP contribution is -2.30. The van der Waals surface area contributed by atoms with Crippen LogP contribution in [0.3, 0.4) is 0 Å². The number of amides is 1. The predicted molar refractivity (Wildman–Crippen MR) is 99.0 cm³/mol. The third kappa shape index (κ3) is 5.27. The van der Waals surface area contributed by atoms with Crippen molar-refractivity contribution in [2.45, 2.75) is 26.9 Å². The Morgan fingerprint density at radius 1 is 1.22 bits per heavy atom. The smallest absolute Gasteiger partial charge is 0.339 e. The van der Waals surface area contributed by atoms with Crippen molar-refractivity contribution in [3.63, 3.8) is 0 Å². The van der Waals surface area contributed by atoms with E-state index < -0.39 is 22.9 Å². The average molecular weight is 372 g/mol. The van der Waals surface area contributed by atoms with E-state index in [2.05, 4.69) is 5.32 Å². The monoisotopic (exact) mass is 372 g/mol. The van der Waals surface area contributed by atoms with Gasteiger partial charge in [0.25, 0.3) is 5.91 Å². The Balaban J connectivity index is 2.08. The number of carbonyl (C=O) groups excluding carboxylic acids is 2. The Morgan fingerprint density at radius 3 is 2.59 bits per heavy atom. The molecule has 142 valence electrons. The molecule has 0 radical (unpaired) electrons. The number of esters is 1. The van der Waals surface area contributed by atoms with Crippen LogP contribution in [0.4, 0.5) is 11.4 Å². The molecule has 0 heterocycles. The summed E-state index contributed by atoms with van der Waals surface area (Å²) in [7, 11) is 0. The fourth-order valence-electron chi connectivity index (χ4n) is 2.31. The first-order chi connectivity index (χ1) is 12.8. The molecule has 1 amide bonds. The number of anilines is 1. The van der Waals surface area contributed by atoms with Gasteiger partial charge in [-0.2, -0.15) is 0 Å². The minimum Gasteiger partial charge on any atom is -0.487 e. The first kappa shape index (κ1) is 19.9. The number of nitrogens with one attached hydrogen (secondary N) is 1. The number of rotatable bonds is 7. The molecule has 0 saturated carbocycles. The molecule has 0 unspecified atom stereocenters. The van der Waals surface area contributed by atoms with E-state index in [1.165, 1.54) is 19.1 Å². The maximum atomic E-state index is 12.2. The number of hydrogen-bond donors (Lipinski definition) is 1. The van der Waals surface area contributed by atoms with E-state index in [-0.39, 0.29) is 23.6 Å². The van der Waals surface area contributed by atoms with Crippen molar-refractivity contribution in [2.75, 3.05) is 11.9 Å². The summed E-state index contributed by atoms with van der Waals surface area (Å²) >= 11 is 0. The minimum absolute atomic E-state index is 0.0413. The maximum absolute atomic E-state index is 12.2. The highest BCUT2D eigenvalue weighted by atomic mass is 16.6. The average Bonchev–Trinajstić information content (AvgIpc) is 2.62. The van der Waals surface area contributed by atoms with Crippen LogP contribution < -0.4 is 10.1 Å². The van der Waals surface area contributed by atoms with Crippen molar-refractivity contribution >= 4 is 23.3 Å². The number of carbonyl (C=O) groups is 2. The van der Waals surface area contributed by atoms with Crippen molar-refractivity contribution in [1.29, 1.82) is 0 Å². The van der Waals surface area contributed by atoms with Crippen LogP contribution in [0, 0.1) is 17.0 Å². The number of hydrogen-bond acceptors (Lipinski definition) is 6. The van der Waals surface area contributed by atoms with Crippen molar-refractivity contribution in [2.24, 2.45) is 0 Å². The fraction of sp³-hybridized carbons (Fsp3) is 0.263. The number of nitrogens with zero attached hydrogens (tertiary/aromatic N) is 1. The number of benzene rings is 2. The molecule has 2 aromatic rings. The lowest BCUT2D eigenvalue weighted by atomic mass is 10.2. The molecule has 0 bridgehead atoms. The van der Waals surface area contributed by atoms with Crippen LogP contribution >= 0.6 is 0 Å². The molecule has 1 N–H and O–H groups in total. The quantitative estimate of drug-likeness (QED) is 0.453. The SMILES string of the molecule is CCOc1ccc(C(=O)O[C@@H](C)C(=O)Nc2cccc(C)c2)cc1[N+](=O)[O-]. The van der Waals surface area contributed by atoms with Crippen LogP contribution in [0.15, 0.2) is 42.5 Å². The molecule has 27 heavy (non-hydrogen) atoms. The second-order valence-corrected chi connectivity index (χ2v) is 5.78. The van der Waals surface area contributed by atoms with Crippen LogP contribution in [-0.4, -0.2) is 29.5 Å². The number of aryl methyl sites for hydroxylation is 1. The topological polar surface area (TPSA) is 108 Å². The van der Waals surface area contributed by atoms with E-state index >= 15 is 0 Å². The summed E-state index contributed by atoms with van der Waals surface area (Å²) in [6.45, 7) is 5.26. The van der Waals surface area contributed by atoms with Gasteiger partial charge in [0.2, 0.25) is 0 Å². The Labute approximate surface area is 156 Å². The molecule has 0 aliphatic rings. The van der Waals surface area contributed by atoms with Crippen molar-refractivity contribution < 1.29 is 24.0 Å². The maximum Gasteiger partial charge on any atom is 0.339 e. The highest BCUT2D eigenvalue weighted by molar-refractivity contribution is 5.97. The van der Waals surface area contributed by atoms with Crippen LogP contribution in [0.1, 0.15) is 29.8 Å². The summed E-state index contributed by atoms with van der Waals surface area (Å²) in [5, 5.41) is 13.8. The molecule has 0 aromatic heterocycles. The number of nitro benzene ring substituents is 1. The van der Waals surface area contributed by atoms with Crippen LogP contribution in [-0.2, 0) is 9.53 Å². The summed E-state index contributed by atoms with van der Waals surface area (Å²) < 4.78 is 10.3. The van der Waals surface area contributed by atoms with Gasteiger partial charge < -0.3 is 14.8 Å². The molecular formula is C19H20N2O6. The van der Waals surface area contributed by atoms with E-state index in [0.29, 0.717) is 5.69 Å². The molecule has 8 heteroatoms. The van der Waals surface area contributed by atoms with E-state index in [0.717, 1.165) is 11.6 Å². The molecule has 0 aliphatic carbocycles. The van der Waals surface area contributed by atoms with Crippen LogP contribution in [0.2, 0.25) is 0 Å². The zero-order chi connectivity index (χ0) is 20.0. The van der Waals surface area contributed by atoms with E-state index in [9.17, 15) is 19.7 Å². The summed E-state index contributed by atoms with van der Waals surface area (Å²) in [5.74, 6) is -1.29. The summed E-state index contributed by atoms with van der Waals surface area (Å²) in [4.78, 5) is 34.9. The number of ether oxygens (including phenoxy) is 2. The van der Waals surface area contributed by atoms with Gasteiger partial charge in [-0.3, -0.25) is 14.9 Å². The molecular weight excluding hydrogens is 352 g/mol. The zero-order valence-electron chi connectivity index (χ0n) is 15.2. The van der Waals surface area contributed by atoms with Gasteiger partial charge in [0.15, 0.2) is 11.9 Å². The lowest BCUT2D eigenvalue weighted by Gasteiger charge is -2.14. The molecule has 1 atom stereocenters. The first-order valence-electron chi connectivity index (χ1n) is 8.31. The molecule has 2 rings (SSSR count). The summed E-state index contributed by atoms with van der Waals surface area (Å²) in [6.07, 6.45) is -1.08. The Kier molecular flexibility index (Phi) is 6.48.